The highest BCUT2D eigenvalue weighted by molar-refractivity contribution is 14.1. The fourth-order valence-electron chi connectivity index (χ4n) is 1.96. The van der Waals surface area contributed by atoms with Gasteiger partial charge in [-0.2, -0.15) is 13.2 Å². The maximum atomic E-state index is 13.0. The lowest BCUT2D eigenvalue weighted by molar-refractivity contribution is -0.139. The highest BCUT2D eigenvalue weighted by Crippen LogP contribution is 2.37. The summed E-state index contributed by atoms with van der Waals surface area (Å²) in [6, 6.07) is 8.72. The van der Waals surface area contributed by atoms with Crippen molar-refractivity contribution in [3.63, 3.8) is 0 Å². The minimum Gasteiger partial charge on any atom is -0.488 e. The Morgan fingerprint density at radius 2 is 1.95 bits per heavy atom. The minimum absolute atomic E-state index is 0.155. The number of hydrogen-bond acceptors (Lipinski definition) is 3. The molecule has 2 aromatic carbocycles. The van der Waals surface area contributed by atoms with Crippen molar-refractivity contribution in [1.82, 2.24) is 0 Å². The molecule has 7 heteroatoms. The summed E-state index contributed by atoms with van der Waals surface area (Å²) >= 11 is 1.81. The van der Waals surface area contributed by atoms with Crippen molar-refractivity contribution < 1.29 is 17.9 Å². The van der Waals surface area contributed by atoms with E-state index in [4.69, 9.17) is 4.74 Å². The van der Waals surface area contributed by atoms with Crippen molar-refractivity contribution in [1.29, 1.82) is 0 Å². The van der Waals surface area contributed by atoms with E-state index in [1.807, 2.05) is 0 Å². The lowest BCUT2D eigenvalue weighted by Gasteiger charge is -2.15. The second kappa shape index (κ2) is 6.64. The van der Waals surface area contributed by atoms with E-state index < -0.39 is 11.7 Å². The molecule has 0 aliphatic heterocycles. The molecule has 0 bridgehead atoms. The van der Waals surface area contributed by atoms with Crippen LogP contribution in [-0.4, -0.2) is 0 Å². The Labute approximate surface area is 138 Å². The minimum atomic E-state index is -4.51. The van der Waals surface area contributed by atoms with Crippen molar-refractivity contribution in [2.45, 2.75) is 19.7 Å². The average Bonchev–Trinajstić information content (AvgIpc) is 2.45. The Morgan fingerprint density at radius 3 is 2.59 bits per heavy atom. The van der Waals surface area contributed by atoms with E-state index in [0.717, 1.165) is 11.6 Å². The summed E-state index contributed by atoms with van der Waals surface area (Å²) in [4.78, 5) is 10.8. The summed E-state index contributed by atoms with van der Waals surface area (Å²) in [5.41, 5.74) is 0.535. The number of nitrogens with zero attached hydrogens (tertiary/aromatic N) is 1. The average molecular weight is 421 g/mol. The second-order valence-electron chi connectivity index (χ2n) is 4.59. The number of halogens is 4. The molecule has 0 unspecified atom stereocenters. The molecule has 0 spiro atoms. The van der Waals surface area contributed by atoms with Crippen LogP contribution in [0, 0.1) is 15.4 Å². The Bertz CT molecular complexity index is 702. The summed E-state index contributed by atoms with van der Waals surface area (Å²) in [5, 5.41) is 2.88. The number of aryl methyl sites for hydroxylation is 1. The third kappa shape index (κ3) is 3.76. The van der Waals surface area contributed by atoms with Gasteiger partial charge in [0.15, 0.2) is 0 Å². The van der Waals surface area contributed by atoms with Gasteiger partial charge in [-0.3, -0.25) is 0 Å². The van der Waals surface area contributed by atoms with Gasteiger partial charge in [0, 0.05) is 9.13 Å². The van der Waals surface area contributed by atoms with Crippen LogP contribution in [0.4, 0.5) is 18.9 Å². The van der Waals surface area contributed by atoms with E-state index in [1.54, 1.807) is 41.6 Å². The van der Waals surface area contributed by atoms with Gasteiger partial charge in [0.2, 0.25) is 0 Å². The van der Waals surface area contributed by atoms with Gasteiger partial charge in [0.25, 0.3) is 0 Å². The number of rotatable bonds is 4. The standard InChI is InChI=1S/C15H11F3INO2/c1-9-3-2-4-13(20-21)11(9)8-22-14-6-5-10(19)7-12(14)15(16,17)18/h2-7H,8H2,1H3. The molecule has 0 fully saturated rings. The molecule has 0 saturated carbocycles. The van der Waals surface area contributed by atoms with Gasteiger partial charge in [0.05, 0.1) is 5.56 Å². The molecule has 0 N–H and O–H groups in total. The predicted octanol–water partition coefficient (Wildman–Crippen LogP) is 5.60. The molecule has 0 radical (unpaired) electrons. The first-order chi connectivity index (χ1) is 10.3. The fourth-order valence-corrected chi connectivity index (χ4v) is 2.45. The molecular formula is C15H11F3INO2. The lowest BCUT2D eigenvalue weighted by Crippen LogP contribution is -2.09. The molecule has 2 rings (SSSR count). The Kier molecular flexibility index (Phi) is 5.05. The molecule has 3 nitrogen and oxygen atoms in total. The van der Waals surface area contributed by atoms with Crippen LogP contribution in [0.25, 0.3) is 0 Å². The van der Waals surface area contributed by atoms with Gasteiger partial charge >= 0.3 is 6.18 Å². The third-order valence-corrected chi connectivity index (χ3v) is 3.77. The van der Waals surface area contributed by atoms with Gasteiger partial charge < -0.3 is 4.74 Å². The summed E-state index contributed by atoms with van der Waals surface area (Å²) in [5.74, 6) is -0.270. The molecule has 0 aliphatic carbocycles. The first-order valence-electron chi connectivity index (χ1n) is 6.24. The Morgan fingerprint density at radius 1 is 1.23 bits per heavy atom. The van der Waals surface area contributed by atoms with E-state index in [9.17, 15) is 18.1 Å². The van der Waals surface area contributed by atoms with Gasteiger partial charge in [-0.1, -0.05) is 12.1 Å². The fraction of sp³-hybridized carbons (Fsp3) is 0.200. The second-order valence-corrected chi connectivity index (χ2v) is 5.84. The first-order valence-corrected chi connectivity index (χ1v) is 7.32. The van der Waals surface area contributed by atoms with Crippen LogP contribution in [-0.2, 0) is 12.8 Å². The monoisotopic (exact) mass is 421 g/mol. The number of alkyl halides is 3. The largest absolute Gasteiger partial charge is 0.488 e. The van der Waals surface area contributed by atoms with Crippen LogP contribution in [0.1, 0.15) is 16.7 Å². The summed E-state index contributed by atoms with van der Waals surface area (Å²) < 4.78 is 44.8. The molecule has 0 aliphatic rings. The molecule has 116 valence electrons. The SMILES string of the molecule is Cc1cccc(N=O)c1COc1ccc(I)cc1C(F)(F)F. The van der Waals surface area contributed by atoms with Crippen molar-refractivity contribution in [3.05, 3.63) is 61.6 Å². The number of ether oxygens (including phenoxy) is 1. The smallest absolute Gasteiger partial charge is 0.419 e. The Hall–Kier alpha value is -1.64. The molecule has 0 amide bonds. The molecule has 2 aromatic rings. The highest BCUT2D eigenvalue weighted by atomic mass is 127. The molecule has 0 aromatic heterocycles. The van der Waals surface area contributed by atoms with Crippen LogP contribution in [0.5, 0.6) is 5.75 Å². The summed E-state index contributed by atoms with van der Waals surface area (Å²) in [6.45, 7) is 1.59. The molecule has 0 atom stereocenters. The van der Waals surface area contributed by atoms with Crippen molar-refractivity contribution in [2.24, 2.45) is 5.18 Å². The van der Waals surface area contributed by atoms with E-state index >= 15 is 0 Å². The van der Waals surface area contributed by atoms with E-state index in [0.29, 0.717) is 9.13 Å². The van der Waals surface area contributed by atoms with Crippen LogP contribution in [0.15, 0.2) is 41.6 Å². The van der Waals surface area contributed by atoms with E-state index in [1.165, 1.54) is 18.2 Å². The lowest BCUT2D eigenvalue weighted by atomic mass is 10.1. The summed E-state index contributed by atoms with van der Waals surface area (Å²) in [7, 11) is 0. The highest BCUT2D eigenvalue weighted by Gasteiger charge is 2.34. The number of benzene rings is 2. The van der Waals surface area contributed by atoms with Crippen LogP contribution < -0.4 is 4.74 Å². The van der Waals surface area contributed by atoms with E-state index in [2.05, 4.69) is 5.18 Å². The maximum absolute atomic E-state index is 13.0. The molecule has 22 heavy (non-hydrogen) atoms. The maximum Gasteiger partial charge on any atom is 0.419 e. The van der Waals surface area contributed by atoms with Gasteiger partial charge in [-0.25, -0.2) is 0 Å². The van der Waals surface area contributed by atoms with Crippen molar-refractivity contribution in [3.8, 4) is 5.75 Å². The van der Waals surface area contributed by atoms with Crippen LogP contribution >= 0.6 is 22.6 Å². The normalized spacial score (nSPS) is 11.3. The zero-order chi connectivity index (χ0) is 16.3. The topological polar surface area (TPSA) is 38.7 Å². The first kappa shape index (κ1) is 16.7. The Balaban J connectivity index is 2.32. The molecule has 0 saturated heterocycles. The molecular weight excluding hydrogens is 410 g/mol. The zero-order valence-corrected chi connectivity index (χ0v) is 13.6. The van der Waals surface area contributed by atoms with Gasteiger partial charge in [-0.05, 0) is 64.5 Å². The van der Waals surface area contributed by atoms with Crippen molar-refractivity contribution in [2.75, 3.05) is 0 Å². The number of hydrogen-bond donors (Lipinski definition) is 0. The third-order valence-electron chi connectivity index (χ3n) is 3.10. The van der Waals surface area contributed by atoms with Crippen LogP contribution in [0.3, 0.4) is 0 Å². The quantitative estimate of drug-likeness (QED) is 0.477. The summed E-state index contributed by atoms with van der Waals surface area (Å²) in [6.07, 6.45) is -4.51. The zero-order valence-electron chi connectivity index (χ0n) is 11.4. The number of nitroso groups, excluding NO2 is 1. The van der Waals surface area contributed by atoms with Gasteiger partial charge in [-0.15, -0.1) is 4.91 Å². The van der Waals surface area contributed by atoms with Crippen molar-refractivity contribution >= 4 is 28.3 Å². The van der Waals surface area contributed by atoms with Crippen LogP contribution in [0.2, 0.25) is 0 Å². The van der Waals surface area contributed by atoms with Gasteiger partial charge in [0.1, 0.15) is 18.0 Å². The predicted molar refractivity (Wildman–Crippen MR) is 85.1 cm³/mol. The molecule has 0 heterocycles. The van der Waals surface area contributed by atoms with E-state index in [-0.39, 0.29) is 18.0 Å².